The molecule has 0 spiro atoms. The van der Waals surface area contributed by atoms with Crippen molar-refractivity contribution in [3.8, 4) is 0 Å². The fraction of sp³-hybridized carbons (Fsp3) is 0.866. The van der Waals surface area contributed by atoms with Crippen molar-refractivity contribution in [1.29, 1.82) is 0 Å². The molecule has 0 aromatic carbocycles. The van der Waals surface area contributed by atoms with E-state index < -0.39 is 6.10 Å². The molecule has 0 aliphatic rings. The molecular formula is C67H124O6. The summed E-state index contributed by atoms with van der Waals surface area (Å²) >= 11 is 0. The highest BCUT2D eigenvalue weighted by Crippen LogP contribution is 2.18. The second-order valence-electron chi connectivity index (χ2n) is 22.0. The Morgan fingerprint density at radius 2 is 0.507 bits per heavy atom. The monoisotopic (exact) mass is 1020 g/mol. The van der Waals surface area contributed by atoms with Gasteiger partial charge in [-0.2, -0.15) is 0 Å². The van der Waals surface area contributed by atoms with Crippen LogP contribution in [0.15, 0.2) is 36.5 Å². The van der Waals surface area contributed by atoms with Crippen molar-refractivity contribution in [3.05, 3.63) is 36.5 Å². The molecule has 0 N–H and O–H groups in total. The molecule has 6 heteroatoms. The summed E-state index contributed by atoms with van der Waals surface area (Å²) in [5.41, 5.74) is 0. The number of carbonyl (C=O) groups is 3. The average molecular weight is 1030 g/mol. The van der Waals surface area contributed by atoms with Crippen LogP contribution in [0.5, 0.6) is 0 Å². The zero-order chi connectivity index (χ0) is 52.9. The van der Waals surface area contributed by atoms with Gasteiger partial charge < -0.3 is 14.2 Å². The molecule has 0 aromatic rings. The van der Waals surface area contributed by atoms with E-state index in [2.05, 4.69) is 57.2 Å². The zero-order valence-electron chi connectivity index (χ0n) is 49.2. The lowest BCUT2D eigenvalue weighted by Crippen LogP contribution is -2.30. The molecule has 0 rings (SSSR count). The Morgan fingerprint density at radius 3 is 0.808 bits per heavy atom. The Kier molecular flexibility index (Phi) is 60.2. The molecule has 0 bridgehead atoms. The van der Waals surface area contributed by atoms with Crippen LogP contribution < -0.4 is 0 Å². The Balaban J connectivity index is 4.28. The van der Waals surface area contributed by atoms with Gasteiger partial charge in [0.1, 0.15) is 13.2 Å². The summed E-state index contributed by atoms with van der Waals surface area (Å²) in [6, 6.07) is 0. The fourth-order valence-corrected chi connectivity index (χ4v) is 9.69. The van der Waals surface area contributed by atoms with Crippen molar-refractivity contribution in [2.24, 2.45) is 0 Å². The predicted molar refractivity (Wildman–Crippen MR) is 316 cm³/mol. The molecule has 1 unspecified atom stereocenters. The van der Waals surface area contributed by atoms with Crippen molar-refractivity contribution in [2.75, 3.05) is 13.2 Å². The smallest absolute Gasteiger partial charge is 0.306 e. The van der Waals surface area contributed by atoms with Crippen LogP contribution in [0.1, 0.15) is 355 Å². The van der Waals surface area contributed by atoms with Crippen LogP contribution >= 0.6 is 0 Å². The molecule has 0 amide bonds. The van der Waals surface area contributed by atoms with E-state index in [9.17, 15) is 14.4 Å². The van der Waals surface area contributed by atoms with Crippen LogP contribution in [-0.2, 0) is 28.6 Å². The molecule has 428 valence electrons. The van der Waals surface area contributed by atoms with Gasteiger partial charge >= 0.3 is 17.9 Å². The maximum Gasteiger partial charge on any atom is 0.306 e. The molecule has 0 fully saturated rings. The van der Waals surface area contributed by atoms with E-state index in [1.807, 2.05) is 0 Å². The molecule has 6 nitrogen and oxygen atoms in total. The molecular weight excluding hydrogens is 901 g/mol. The lowest BCUT2D eigenvalue weighted by Gasteiger charge is -2.18. The summed E-state index contributed by atoms with van der Waals surface area (Å²) in [6.07, 6.45) is 75.8. The van der Waals surface area contributed by atoms with Gasteiger partial charge in [-0.1, -0.05) is 301 Å². The quantitative estimate of drug-likeness (QED) is 0.0261. The highest BCUT2D eigenvalue weighted by atomic mass is 16.6. The van der Waals surface area contributed by atoms with Crippen LogP contribution in [0.2, 0.25) is 0 Å². The molecule has 0 saturated carbocycles. The van der Waals surface area contributed by atoms with E-state index in [1.54, 1.807) is 0 Å². The van der Waals surface area contributed by atoms with Crippen molar-refractivity contribution in [3.63, 3.8) is 0 Å². The second-order valence-corrected chi connectivity index (χ2v) is 22.0. The van der Waals surface area contributed by atoms with Gasteiger partial charge in [0.05, 0.1) is 0 Å². The largest absolute Gasteiger partial charge is 0.462 e. The van der Waals surface area contributed by atoms with Crippen LogP contribution in [0.25, 0.3) is 0 Å². The summed E-state index contributed by atoms with van der Waals surface area (Å²) in [5.74, 6) is -0.864. The standard InChI is InChI=1S/C67H124O6/c1-4-7-10-13-16-19-22-25-28-30-32-33-34-35-36-38-39-42-45-48-51-54-57-60-66(69)72-63-64(62-71-65(68)59-56-53-50-47-44-41-27-24-21-18-15-12-9-6-3)73-67(70)61-58-55-52-49-46-43-40-37-31-29-26-23-20-17-14-11-8-5-2/h15,18,24,27,30,32,64H,4-14,16-17,19-23,25-26,28-29,31,33-63H2,1-3H3/b18-15-,27-24-,32-30-. The number of unbranched alkanes of at least 4 members (excludes halogenated alkanes) is 43. The summed E-state index contributed by atoms with van der Waals surface area (Å²) in [7, 11) is 0. The molecule has 0 aliphatic heterocycles. The number of rotatable bonds is 60. The third kappa shape index (κ3) is 60.4. The van der Waals surface area contributed by atoms with Gasteiger partial charge in [-0.15, -0.1) is 0 Å². The molecule has 0 radical (unpaired) electrons. The van der Waals surface area contributed by atoms with E-state index in [0.717, 1.165) is 77.0 Å². The summed E-state index contributed by atoms with van der Waals surface area (Å²) < 4.78 is 16.9. The van der Waals surface area contributed by atoms with Gasteiger partial charge in [0, 0.05) is 19.3 Å². The predicted octanol–water partition coefficient (Wildman–Crippen LogP) is 22.0. The highest BCUT2D eigenvalue weighted by Gasteiger charge is 2.19. The van der Waals surface area contributed by atoms with Gasteiger partial charge in [0.2, 0.25) is 0 Å². The van der Waals surface area contributed by atoms with Crippen LogP contribution in [0.3, 0.4) is 0 Å². The van der Waals surface area contributed by atoms with E-state index in [0.29, 0.717) is 19.3 Å². The number of ether oxygens (including phenoxy) is 3. The van der Waals surface area contributed by atoms with Crippen LogP contribution in [-0.4, -0.2) is 37.2 Å². The Labute approximate surface area is 455 Å². The van der Waals surface area contributed by atoms with Crippen molar-refractivity contribution >= 4 is 17.9 Å². The third-order valence-electron chi connectivity index (χ3n) is 14.6. The molecule has 0 saturated heterocycles. The number of hydrogen-bond donors (Lipinski definition) is 0. The minimum absolute atomic E-state index is 0.0728. The van der Waals surface area contributed by atoms with Gasteiger partial charge in [-0.25, -0.2) is 0 Å². The summed E-state index contributed by atoms with van der Waals surface area (Å²) in [4.78, 5) is 38.3. The first-order chi connectivity index (χ1) is 36.0. The first kappa shape index (κ1) is 70.6. The Bertz CT molecular complexity index is 1220. The van der Waals surface area contributed by atoms with E-state index >= 15 is 0 Å². The van der Waals surface area contributed by atoms with Crippen molar-refractivity contribution in [1.82, 2.24) is 0 Å². The summed E-state index contributed by atoms with van der Waals surface area (Å²) in [6.45, 7) is 6.65. The fourth-order valence-electron chi connectivity index (χ4n) is 9.69. The van der Waals surface area contributed by atoms with Gasteiger partial charge in [-0.3, -0.25) is 14.4 Å². The first-order valence-corrected chi connectivity index (χ1v) is 32.5. The second kappa shape index (κ2) is 62.2. The molecule has 0 aromatic heterocycles. The molecule has 1 atom stereocenters. The number of carbonyl (C=O) groups excluding carboxylic acids is 3. The number of hydrogen-bond acceptors (Lipinski definition) is 6. The Hall–Kier alpha value is -2.37. The maximum absolute atomic E-state index is 12.9. The average Bonchev–Trinajstić information content (AvgIpc) is 3.39. The third-order valence-corrected chi connectivity index (χ3v) is 14.6. The van der Waals surface area contributed by atoms with Crippen molar-refractivity contribution < 1.29 is 28.6 Å². The van der Waals surface area contributed by atoms with Gasteiger partial charge in [-0.05, 0) is 70.6 Å². The normalized spacial score (nSPS) is 12.2. The van der Waals surface area contributed by atoms with E-state index in [-0.39, 0.29) is 31.1 Å². The molecule has 0 aliphatic carbocycles. The molecule has 73 heavy (non-hydrogen) atoms. The summed E-state index contributed by atoms with van der Waals surface area (Å²) in [5, 5.41) is 0. The van der Waals surface area contributed by atoms with Gasteiger partial charge in [0.25, 0.3) is 0 Å². The van der Waals surface area contributed by atoms with Crippen LogP contribution in [0, 0.1) is 0 Å². The molecule has 0 heterocycles. The first-order valence-electron chi connectivity index (χ1n) is 32.5. The van der Waals surface area contributed by atoms with Crippen LogP contribution in [0.4, 0.5) is 0 Å². The minimum atomic E-state index is -0.776. The number of allylic oxidation sites excluding steroid dienone is 6. The van der Waals surface area contributed by atoms with Gasteiger partial charge in [0.15, 0.2) is 6.10 Å². The van der Waals surface area contributed by atoms with Crippen molar-refractivity contribution in [2.45, 2.75) is 361 Å². The lowest BCUT2D eigenvalue weighted by molar-refractivity contribution is -0.167. The number of esters is 3. The minimum Gasteiger partial charge on any atom is -0.462 e. The lowest BCUT2D eigenvalue weighted by atomic mass is 10.0. The van der Waals surface area contributed by atoms with E-state index in [1.165, 1.54) is 238 Å². The topological polar surface area (TPSA) is 78.9 Å². The zero-order valence-corrected chi connectivity index (χ0v) is 49.2. The SMILES string of the molecule is CCCC/C=C\C/C=C\CCCCCCCC(=O)OCC(COC(=O)CCCCCCCCCCCCC/C=C\CCCCCCCCCC)OC(=O)CCCCCCCCCCCCCCCCCCCC. The highest BCUT2D eigenvalue weighted by molar-refractivity contribution is 5.71. The Morgan fingerprint density at radius 1 is 0.274 bits per heavy atom. The maximum atomic E-state index is 12.9. The van der Waals surface area contributed by atoms with E-state index in [4.69, 9.17) is 14.2 Å².